The van der Waals surface area contributed by atoms with E-state index in [1.54, 1.807) is 0 Å². The topological polar surface area (TPSA) is 31.7 Å². The van der Waals surface area contributed by atoms with E-state index in [2.05, 4.69) is 46.1 Å². The van der Waals surface area contributed by atoms with Gasteiger partial charge in [-0.1, -0.05) is 19.1 Å². The van der Waals surface area contributed by atoms with Crippen molar-refractivity contribution in [3.63, 3.8) is 0 Å². The molecular weight excluding hydrogens is 186 g/mol. The standard InChI is InChI=1S/C12H17N3/c1-2-7-13-8-9-15-10-14-11-5-3-4-6-12(11)15/h3-6,10,13H,2,7-9H2,1H3/p+1. The molecule has 3 heteroatoms. The Kier molecular flexibility index (Phi) is 3.35. The second-order valence-electron chi connectivity index (χ2n) is 3.73. The number of aromatic amines is 1. The fraction of sp³-hybridized carbons (Fsp3) is 0.417. The molecule has 0 aliphatic carbocycles. The minimum atomic E-state index is 1.02. The summed E-state index contributed by atoms with van der Waals surface area (Å²) in [4.78, 5) is 3.26. The van der Waals surface area contributed by atoms with E-state index < -0.39 is 0 Å². The third kappa shape index (κ3) is 2.36. The maximum atomic E-state index is 3.40. The summed E-state index contributed by atoms with van der Waals surface area (Å²) in [6.07, 6.45) is 3.23. The van der Waals surface area contributed by atoms with E-state index in [0.29, 0.717) is 0 Å². The number of rotatable bonds is 5. The molecule has 0 saturated heterocycles. The summed E-state index contributed by atoms with van der Waals surface area (Å²) in [5.74, 6) is 0. The normalized spacial score (nSPS) is 11.0. The highest BCUT2D eigenvalue weighted by atomic mass is 15.1. The predicted octanol–water partition coefficient (Wildman–Crippen LogP) is 1.45. The van der Waals surface area contributed by atoms with Crippen LogP contribution in [0.3, 0.4) is 0 Å². The van der Waals surface area contributed by atoms with Gasteiger partial charge in [-0.15, -0.1) is 0 Å². The van der Waals surface area contributed by atoms with Gasteiger partial charge in [0.25, 0.3) is 0 Å². The highest BCUT2D eigenvalue weighted by molar-refractivity contribution is 5.70. The number of H-pyrrole nitrogens is 1. The summed E-state index contributed by atoms with van der Waals surface area (Å²) in [5.41, 5.74) is 2.48. The van der Waals surface area contributed by atoms with Crippen LogP contribution in [0.4, 0.5) is 0 Å². The van der Waals surface area contributed by atoms with Crippen molar-refractivity contribution >= 4 is 11.0 Å². The largest absolute Gasteiger partial charge is 0.313 e. The lowest BCUT2D eigenvalue weighted by Gasteiger charge is -2.00. The molecule has 0 fully saturated rings. The summed E-state index contributed by atoms with van der Waals surface area (Å²) in [5, 5.41) is 3.40. The van der Waals surface area contributed by atoms with Crippen LogP contribution >= 0.6 is 0 Å². The molecule has 0 atom stereocenters. The Labute approximate surface area is 90.1 Å². The van der Waals surface area contributed by atoms with Crippen LogP contribution in [0.1, 0.15) is 13.3 Å². The number of fused-ring (bicyclic) bond motifs is 1. The molecule has 1 aromatic heterocycles. The fourth-order valence-electron chi connectivity index (χ4n) is 1.75. The second-order valence-corrected chi connectivity index (χ2v) is 3.73. The third-order valence-electron chi connectivity index (χ3n) is 2.55. The summed E-state index contributed by atoms with van der Waals surface area (Å²) in [6, 6.07) is 8.38. The van der Waals surface area contributed by atoms with Gasteiger partial charge in [0, 0.05) is 6.54 Å². The maximum absolute atomic E-state index is 3.40. The Bertz CT molecular complexity index is 419. The zero-order valence-corrected chi connectivity index (χ0v) is 9.16. The SMILES string of the molecule is CCCNCC[n+]1c[nH]c2ccccc21. The van der Waals surface area contributed by atoms with E-state index in [1.165, 1.54) is 17.5 Å². The molecular formula is C12H18N3+. The lowest BCUT2D eigenvalue weighted by Crippen LogP contribution is -2.37. The molecule has 0 saturated carbocycles. The molecule has 1 heterocycles. The van der Waals surface area contributed by atoms with Gasteiger partial charge in [0.1, 0.15) is 6.54 Å². The maximum Gasteiger partial charge on any atom is 0.242 e. The Morgan fingerprint density at radius 1 is 1.27 bits per heavy atom. The first-order valence-electron chi connectivity index (χ1n) is 5.58. The van der Waals surface area contributed by atoms with E-state index in [-0.39, 0.29) is 0 Å². The first-order chi connectivity index (χ1) is 7.42. The number of nitrogens with one attached hydrogen (secondary N) is 2. The quantitative estimate of drug-likeness (QED) is 0.561. The Morgan fingerprint density at radius 2 is 2.13 bits per heavy atom. The molecule has 3 nitrogen and oxygen atoms in total. The van der Waals surface area contributed by atoms with Gasteiger partial charge < -0.3 is 5.32 Å². The molecule has 2 rings (SSSR count). The molecule has 0 unspecified atom stereocenters. The van der Waals surface area contributed by atoms with E-state index in [9.17, 15) is 0 Å². The number of hydrogen-bond acceptors (Lipinski definition) is 1. The monoisotopic (exact) mass is 204 g/mol. The molecule has 0 amide bonds. The number of nitrogens with zero attached hydrogens (tertiary/aromatic N) is 1. The van der Waals surface area contributed by atoms with Gasteiger partial charge in [-0.2, -0.15) is 0 Å². The predicted molar refractivity (Wildman–Crippen MR) is 61.7 cm³/mol. The zero-order chi connectivity index (χ0) is 10.5. The molecule has 15 heavy (non-hydrogen) atoms. The molecule has 2 N–H and O–H groups in total. The van der Waals surface area contributed by atoms with Crippen molar-refractivity contribution in [2.45, 2.75) is 19.9 Å². The summed E-state index contributed by atoms with van der Waals surface area (Å²) < 4.78 is 2.25. The van der Waals surface area contributed by atoms with Crippen LogP contribution in [0.25, 0.3) is 11.0 Å². The summed E-state index contributed by atoms with van der Waals surface area (Å²) in [6.45, 7) is 5.33. The fourth-order valence-corrected chi connectivity index (χ4v) is 1.75. The van der Waals surface area contributed by atoms with Crippen LogP contribution in [0.5, 0.6) is 0 Å². The van der Waals surface area contributed by atoms with Gasteiger partial charge in [0.15, 0.2) is 11.0 Å². The Morgan fingerprint density at radius 3 is 3.00 bits per heavy atom. The van der Waals surface area contributed by atoms with Crippen molar-refractivity contribution in [1.82, 2.24) is 10.3 Å². The Hall–Kier alpha value is -1.35. The van der Waals surface area contributed by atoms with Crippen molar-refractivity contribution in [2.24, 2.45) is 0 Å². The van der Waals surface area contributed by atoms with Crippen LogP contribution < -0.4 is 9.88 Å². The van der Waals surface area contributed by atoms with Gasteiger partial charge in [0.2, 0.25) is 6.33 Å². The lowest BCUT2D eigenvalue weighted by atomic mass is 10.3. The second kappa shape index (κ2) is 4.94. The number of hydrogen-bond donors (Lipinski definition) is 2. The smallest absolute Gasteiger partial charge is 0.242 e. The average molecular weight is 204 g/mol. The van der Waals surface area contributed by atoms with Gasteiger partial charge in [-0.3, -0.25) is 0 Å². The third-order valence-corrected chi connectivity index (χ3v) is 2.55. The van der Waals surface area contributed by atoms with Crippen LogP contribution in [0.15, 0.2) is 30.6 Å². The van der Waals surface area contributed by atoms with Gasteiger partial charge in [-0.05, 0) is 25.1 Å². The molecule has 80 valence electrons. The van der Waals surface area contributed by atoms with Crippen LogP contribution in [0, 0.1) is 0 Å². The molecule has 0 aliphatic rings. The average Bonchev–Trinajstić information content (AvgIpc) is 2.68. The summed E-state index contributed by atoms with van der Waals surface area (Å²) >= 11 is 0. The number of para-hydroxylation sites is 2. The lowest BCUT2D eigenvalue weighted by molar-refractivity contribution is -0.669. The van der Waals surface area contributed by atoms with Crippen molar-refractivity contribution in [3.05, 3.63) is 30.6 Å². The number of imidazole rings is 1. The highest BCUT2D eigenvalue weighted by Crippen LogP contribution is 2.04. The molecule has 0 radical (unpaired) electrons. The molecule has 0 spiro atoms. The summed E-state index contributed by atoms with van der Waals surface area (Å²) in [7, 11) is 0. The van der Waals surface area contributed by atoms with Crippen molar-refractivity contribution < 1.29 is 4.57 Å². The van der Waals surface area contributed by atoms with Gasteiger partial charge in [0.05, 0.1) is 0 Å². The highest BCUT2D eigenvalue weighted by Gasteiger charge is 2.06. The first kappa shape index (κ1) is 10.2. The van der Waals surface area contributed by atoms with Crippen molar-refractivity contribution in [3.8, 4) is 0 Å². The molecule has 0 aliphatic heterocycles. The molecule has 0 bridgehead atoms. The number of aromatic nitrogens is 2. The molecule has 1 aromatic carbocycles. The van der Waals surface area contributed by atoms with Crippen molar-refractivity contribution in [2.75, 3.05) is 13.1 Å². The van der Waals surface area contributed by atoms with Crippen LogP contribution in [-0.2, 0) is 6.54 Å². The van der Waals surface area contributed by atoms with E-state index in [0.717, 1.165) is 19.6 Å². The first-order valence-corrected chi connectivity index (χ1v) is 5.58. The van der Waals surface area contributed by atoms with Crippen LogP contribution in [0.2, 0.25) is 0 Å². The zero-order valence-electron chi connectivity index (χ0n) is 9.16. The minimum absolute atomic E-state index is 1.02. The minimum Gasteiger partial charge on any atom is -0.313 e. The van der Waals surface area contributed by atoms with Gasteiger partial charge >= 0.3 is 0 Å². The number of benzene rings is 1. The van der Waals surface area contributed by atoms with E-state index in [1.807, 2.05) is 6.33 Å². The van der Waals surface area contributed by atoms with Crippen molar-refractivity contribution in [1.29, 1.82) is 0 Å². The molecule has 2 aromatic rings. The van der Waals surface area contributed by atoms with E-state index >= 15 is 0 Å². The van der Waals surface area contributed by atoms with Crippen LogP contribution in [-0.4, -0.2) is 18.1 Å². The Balaban J connectivity index is 2.02. The van der Waals surface area contributed by atoms with E-state index in [4.69, 9.17) is 0 Å². The van der Waals surface area contributed by atoms with Gasteiger partial charge in [-0.25, -0.2) is 9.55 Å².